The van der Waals surface area contributed by atoms with Crippen molar-refractivity contribution in [3.8, 4) is 0 Å². The first-order valence-electron chi connectivity index (χ1n) is 5.68. The second-order valence-corrected chi connectivity index (χ2v) is 5.29. The van der Waals surface area contributed by atoms with Crippen LogP contribution in [0.5, 0.6) is 0 Å². The van der Waals surface area contributed by atoms with Crippen LogP contribution in [0.15, 0.2) is 4.79 Å². The lowest BCUT2D eigenvalue weighted by atomic mass is 9.97. The van der Waals surface area contributed by atoms with Gasteiger partial charge in [-0.3, -0.25) is 4.79 Å². The minimum atomic E-state index is -0.0729. The van der Waals surface area contributed by atoms with Crippen LogP contribution in [0.1, 0.15) is 23.3 Å². The first-order valence-corrected chi connectivity index (χ1v) is 6.50. The van der Waals surface area contributed by atoms with Gasteiger partial charge < -0.3 is 4.74 Å². The van der Waals surface area contributed by atoms with Gasteiger partial charge in [-0.2, -0.15) is 4.68 Å². The molecule has 17 heavy (non-hydrogen) atoms. The van der Waals surface area contributed by atoms with Gasteiger partial charge in [-0.05, 0) is 31.2 Å². The van der Waals surface area contributed by atoms with Crippen LogP contribution in [0.3, 0.4) is 0 Å². The SMILES string of the molecule is COCn1nnc2sc3c(c2c1=O)CCCC3. The summed E-state index contributed by atoms with van der Waals surface area (Å²) < 4.78 is 6.22. The van der Waals surface area contributed by atoms with E-state index < -0.39 is 0 Å². The molecule has 3 rings (SSSR count). The number of methoxy groups -OCH3 is 1. The van der Waals surface area contributed by atoms with Gasteiger partial charge in [0, 0.05) is 12.0 Å². The summed E-state index contributed by atoms with van der Waals surface area (Å²) in [6, 6.07) is 0. The molecule has 1 aliphatic carbocycles. The van der Waals surface area contributed by atoms with Crippen molar-refractivity contribution >= 4 is 21.6 Å². The molecule has 1 aliphatic rings. The van der Waals surface area contributed by atoms with Crippen molar-refractivity contribution in [2.45, 2.75) is 32.4 Å². The lowest BCUT2D eigenvalue weighted by molar-refractivity contribution is 0.114. The molecule has 0 saturated heterocycles. The third kappa shape index (κ3) is 1.68. The Labute approximate surface area is 102 Å². The Morgan fingerprint density at radius 3 is 3.06 bits per heavy atom. The minimum absolute atomic E-state index is 0.0729. The number of rotatable bonds is 2. The molecule has 0 spiro atoms. The molecule has 2 aromatic rings. The fourth-order valence-corrected chi connectivity index (χ4v) is 3.51. The van der Waals surface area contributed by atoms with Gasteiger partial charge in [0.2, 0.25) is 0 Å². The number of hydrogen-bond donors (Lipinski definition) is 0. The Hall–Kier alpha value is -1.27. The van der Waals surface area contributed by atoms with Gasteiger partial charge in [-0.25, -0.2) is 0 Å². The fourth-order valence-electron chi connectivity index (χ4n) is 2.31. The molecule has 0 bridgehead atoms. The summed E-state index contributed by atoms with van der Waals surface area (Å²) in [5, 5.41) is 8.76. The Bertz CT molecular complexity index is 617. The molecule has 6 heteroatoms. The van der Waals surface area contributed by atoms with Crippen LogP contribution < -0.4 is 5.56 Å². The summed E-state index contributed by atoms with van der Waals surface area (Å²) in [4.78, 5) is 14.3. The molecule has 0 unspecified atom stereocenters. The number of ether oxygens (including phenoxy) is 1. The van der Waals surface area contributed by atoms with E-state index in [9.17, 15) is 4.79 Å². The Morgan fingerprint density at radius 2 is 2.24 bits per heavy atom. The molecule has 5 nitrogen and oxygen atoms in total. The van der Waals surface area contributed by atoms with Gasteiger partial charge in [-0.15, -0.1) is 16.4 Å². The van der Waals surface area contributed by atoms with Gasteiger partial charge in [0.25, 0.3) is 5.56 Å². The first kappa shape index (κ1) is 10.9. The van der Waals surface area contributed by atoms with Crippen LogP contribution in [0.4, 0.5) is 0 Å². The molecule has 0 N–H and O–H groups in total. The van der Waals surface area contributed by atoms with Gasteiger partial charge in [0.05, 0.1) is 5.39 Å². The van der Waals surface area contributed by atoms with Crippen LogP contribution in [0.25, 0.3) is 10.2 Å². The summed E-state index contributed by atoms with van der Waals surface area (Å²) in [7, 11) is 1.54. The summed E-state index contributed by atoms with van der Waals surface area (Å²) in [5.41, 5.74) is 1.12. The molecule has 0 atom stereocenters. The van der Waals surface area contributed by atoms with E-state index in [0.717, 1.165) is 29.5 Å². The van der Waals surface area contributed by atoms with E-state index in [1.165, 1.54) is 21.5 Å². The van der Waals surface area contributed by atoms with Crippen molar-refractivity contribution in [2.24, 2.45) is 0 Å². The van der Waals surface area contributed by atoms with Crippen molar-refractivity contribution < 1.29 is 4.74 Å². The van der Waals surface area contributed by atoms with E-state index in [1.807, 2.05) is 0 Å². The van der Waals surface area contributed by atoms with Gasteiger partial charge >= 0.3 is 0 Å². The molecule has 0 fully saturated rings. The van der Waals surface area contributed by atoms with Crippen molar-refractivity contribution in [3.63, 3.8) is 0 Å². The highest BCUT2D eigenvalue weighted by atomic mass is 32.1. The fraction of sp³-hybridized carbons (Fsp3) is 0.545. The maximum absolute atomic E-state index is 12.2. The van der Waals surface area contributed by atoms with Crippen molar-refractivity contribution in [1.82, 2.24) is 15.0 Å². The second-order valence-electron chi connectivity index (χ2n) is 4.20. The normalized spacial score (nSPS) is 15.1. The third-order valence-electron chi connectivity index (χ3n) is 3.10. The maximum Gasteiger partial charge on any atom is 0.280 e. The molecular weight excluding hydrogens is 238 g/mol. The van der Waals surface area contributed by atoms with Gasteiger partial charge in [-0.1, -0.05) is 5.21 Å². The summed E-state index contributed by atoms with van der Waals surface area (Å²) in [5.74, 6) is 0. The van der Waals surface area contributed by atoms with Crippen LogP contribution in [-0.2, 0) is 24.3 Å². The topological polar surface area (TPSA) is 57.0 Å². The van der Waals surface area contributed by atoms with E-state index in [-0.39, 0.29) is 12.3 Å². The van der Waals surface area contributed by atoms with Crippen LogP contribution in [-0.4, -0.2) is 22.1 Å². The van der Waals surface area contributed by atoms with E-state index in [4.69, 9.17) is 4.74 Å². The van der Waals surface area contributed by atoms with Crippen LogP contribution in [0.2, 0.25) is 0 Å². The highest BCUT2D eigenvalue weighted by Gasteiger charge is 2.20. The lowest BCUT2D eigenvalue weighted by Gasteiger charge is -2.09. The smallest absolute Gasteiger partial charge is 0.280 e. The number of thiophene rings is 1. The molecule has 90 valence electrons. The Kier molecular flexibility index (Phi) is 2.68. The molecule has 0 saturated carbocycles. The quantitative estimate of drug-likeness (QED) is 0.808. The zero-order valence-electron chi connectivity index (χ0n) is 9.60. The second kappa shape index (κ2) is 4.19. The van der Waals surface area contributed by atoms with Crippen LogP contribution >= 0.6 is 11.3 Å². The standard InChI is InChI=1S/C11H13N3O2S/c1-16-6-14-11(15)9-7-4-2-3-5-8(7)17-10(9)12-13-14/h2-6H2,1H3. The predicted octanol–water partition coefficient (Wildman–Crippen LogP) is 1.34. The van der Waals surface area contributed by atoms with Gasteiger partial charge in [0.1, 0.15) is 6.73 Å². The number of aryl methyl sites for hydroxylation is 2. The maximum atomic E-state index is 12.2. The van der Waals surface area contributed by atoms with Crippen molar-refractivity contribution in [3.05, 3.63) is 20.8 Å². The van der Waals surface area contributed by atoms with E-state index in [2.05, 4.69) is 10.3 Å². The molecule has 0 radical (unpaired) electrons. The number of hydrogen-bond acceptors (Lipinski definition) is 5. The highest BCUT2D eigenvalue weighted by Crippen LogP contribution is 2.32. The Morgan fingerprint density at radius 1 is 1.41 bits per heavy atom. The number of fused-ring (bicyclic) bond motifs is 3. The lowest BCUT2D eigenvalue weighted by Crippen LogP contribution is -2.25. The molecule has 0 aliphatic heterocycles. The monoisotopic (exact) mass is 251 g/mol. The van der Waals surface area contributed by atoms with E-state index in [1.54, 1.807) is 18.4 Å². The summed E-state index contributed by atoms with van der Waals surface area (Å²) in [6.45, 7) is 0.159. The summed E-state index contributed by atoms with van der Waals surface area (Å²) >= 11 is 1.61. The van der Waals surface area contributed by atoms with Crippen molar-refractivity contribution in [2.75, 3.05) is 7.11 Å². The largest absolute Gasteiger partial charge is 0.362 e. The molecular formula is C11H13N3O2S. The first-order chi connectivity index (χ1) is 8.31. The molecule has 2 aromatic heterocycles. The third-order valence-corrected chi connectivity index (χ3v) is 4.27. The Balaban J connectivity index is 2.27. The number of nitrogens with zero attached hydrogens (tertiary/aromatic N) is 3. The zero-order valence-corrected chi connectivity index (χ0v) is 10.4. The molecule has 0 aromatic carbocycles. The minimum Gasteiger partial charge on any atom is -0.362 e. The van der Waals surface area contributed by atoms with Gasteiger partial charge in [0.15, 0.2) is 4.83 Å². The van der Waals surface area contributed by atoms with Crippen LogP contribution in [0, 0.1) is 0 Å². The molecule has 0 amide bonds. The number of aromatic nitrogens is 3. The molecule has 2 heterocycles. The average Bonchev–Trinajstić information content (AvgIpc) is 2.72. The summed E-state index contributed by atoms with van der Waals surface area (Å²) in [6.07, 6.45) is 4.42. The zero-order chi connectivity index (χ0) is 11.8. The predicted molar refractivity (Wildman–Crippen MR) is 65.3 cm³/mol. The van der Waals surface area contributed by atoms with E-state index in [0.29, 0.717) is 0 Å². The van der Waals surface area contributed by atoms with Crippen molar-refractivity contribution in [1.29, 1.82) is 0 Å². The average molecular weight is 251 g/mol. The van der Waals surface area contributed by atoms with E-state index >= 15 is 0 Å². The highest BCUT2D eigenvalue weighted by molar-refractivity contribution is 7.18.